The molecule has 18 heavy (non-hydrogen) atoms. The quantitative estimate of drug-likeness (QED) is 0.864. The second kappa shape index (κ2) is 5.19. The van der Waals surface area contributed by atoms with Crippen LogP contribution in [0.15, 0.2) is 18.2 Å². The molecule has 1 saturated heterocycles. The van der Waals surface area contributed by atoms with Crippen LogP contribution in [0.3, 0.4) is 0 Å². The molecule has 1 aliphatic rings. The van der Waals surface area contributed by atoms with Gasteiger partial charge in [0.15, 0.2) is 0 Å². The molecule has 0 spiro atoms. The lowest BCUT2D eigenvalue weighted by Gasteiger charge is -2.33. The van der Waals surface area contributed by atoms with Gasteiger partial charge >= 0.3 is 0 Å². The Kier molecular flexibility index (Phi) is 3.81. The Bertz CT molecular complexity index is 397. The number of phenolic OH excluding ortho intramolecular Hbond substituents is 2. The Balaban J connectivity index is 2.28. The highest BCUT2D eigenvalue weighted by Crippen LogP contribution is 2.39. The second-order valence-electron chi connectivity index (χ2n) is 5.58. The number of hydrogen-bond acceptors (Lipinski definition) is 3. The van der Waals surface area contributed by atoms with Gasteiger partial charge in [0.25, 0.3) is 0 Å². The van der Waals surface area contributed by atoms with Crippen LogP contribution in [0.1, 0.15) is 45.2 Å². The molecular weight excluding hydrogens is 226 g/mol. The first-order valence-electron chi connectivity index (χ1n) is 6.79. The summed E-state index contributed by atoms with van der Waals surface area (Å²) in [5.41, 5.74) is 0.657. The predicted octanol–water partition coefficient (Wildman–Crippen LogP) is 3.28. The van der Waals surface area contributed by atoms with Crippen molar-refractivity contribution in [2.45, 2.75) is 45.7 Å². The van der Waals surface area contributed by atoms with Crippen molar-refractivity contribution in [3.63, 3.8) is 0 Å². The van der Waals surface area contributed by atoms with Gasteiger partial charge in [0.05, 0.1) is 5.56 Å². The lowest BCUT2D eigenvalue weighted by Crippen LogP contribution is -2.35. The van der Waals surface area contributed by atoms with E-state index >= 15 is 0 Å². The number of benzene rings is 1. The third-order valence-corrected chi connectivity index (χ3v) is 4.09. The third-order valence-electron chi connectivity index (χ3n) is 4.09. The van der Waals surface area contributed by atoms with Crippen LogP contribution in [0, 0.1) is 5.92 Å². The van der Waals surface area contributed by atoms with Crippen molar-refractivity contribution in [2.75, 3.05) is 6.54 Å². The van der Waals surface area contributed by atoms with E-state index in [1.54, 1.807) is 18.2 Å². The van der Waals surface area contributed by atoms with Crippen molar-refractivity contribution in [1.82, 2.24) is 4.90 Å². The van der Waals surface area contributed by atoms with Gasteiger partial charge in [-0.2, -0.15) is 0 Å². The zero-order valence-corrected chi connectivity index (χ0v) is 11.4. The van der Waals surface area contributed by atoms with E-state index in [-0.39, 0.29) is 17.5 Å². The van der Waals surface area contributed by atoms with E-state index in [1.807, 2.05) is 0 Å². The fourth-order valence-electron chi connectivity index (χ4n) is 3.15. The van der Waals surface area contributed by atoms with Crippen LogP contribution >= 0.6 is 0 Å². The fourth-order valence-corrected chi connectivity index (χ4v) is 3.15. The van der Waals surface area contributed by atoms with Crippen molar-refractivity contribution in [3.8, 4) is 11.5 Å². The molecule has 0 amide bonds. The van der Waals surface area contributed by atoms with Gasteiger partial charge in [-0.05, 0) is 44.4 Å². The lowest BCUT2D eigenvalue weighted by atomic mass is 9.98. The Labute approximate surface area is 109 Å². The van der Waals surface area contributed by atoms with E-state index < -0.39 is 0 Å². The largest absolute Gasteiger partial charge is 0.507 e. The molecule has 2 rings (SSSR count). The van der Waals surface area contributed by atoms with Gasteiger partial charge in [-0.15, -0.1) is 0 Å². The van der Waals surface area contributed by atoms with Gasteiger partial charge < -0.3 is 10.2 Å². The minimum absolute atomic E-state index is 0.0566. The maximum atomic E-state index is 9.96. The van der Waals surface area contributed by atoms with E-state index in [0.29, 0.717) is 17.5 Å². The maximum Gasteiger partial charge on any atom is 0.124 e. The first-order chi connectivity index (χ1) is 8.52. The molecule has 0 saturated carbocycles. The molecule has 3 nitrogen and oxygen atoms in total. The van der Waals surface area contributed by atoms with Gasteiger partial charge in [0, 0.05) is 12.1 Å². The molecule has 1 aromatic carbocycles. The molecule has 100 valence electrons. The van der Waals surface area contributed by atoms with Crippen molar-refractivity contribution in [2.24, 2.45) is 5.92 Å². The molecular formula is C15H23NO2. The number of rotatable bonds is 3. The van der Waals surface area contributed by atoms with E-state index in [4.69, 9.17) is 0 Å². The molecule has 2 unspecified atom stereocenters. The molecule has 0 aromatic heterocycles. The first kappa shape index (κ1) is 13.2. The molecule has 1 fully saturated rings. The van der Waals surface area contributed by atoms with Crippen LogP contribution < -0.4 is 0 Å². The summed E-state index contributed by atoms with van der Waals surface area (Å²) >= 11 is 0. The zero-order valence-electron chi connectivity index (χ0n) is 11.4. The lowest BCUT2D eigenvalue weighted by molar-refractivity contribution is 0.152. The number of nitrogens with zero attached hydrogens (tertiary/aromatic N) is 1. The molecule has 0 radical (unpaired) electrons. The molecule has 2 atom stereocenters. The number of hydrogen-bond donors (Lipinski definition) is 2. The number of phenols is 2. The number of aromatic hydroxyl groups is 2. The van der Waals surface area contributed by atoms with Crippen LogP contribution in [-0.2, 0) is 0 Å². The molecule has 0 aliphatic carbocycles. The highest BCUT2D eigenvalue weighted by molar-refractivity contribution is 5.45. The summed E-state index contributed by atoms with van der Waals surface area (Å²) in [6, 6.07) is 5.56. The summed E-state index contributed by atoms with van der Waals surface area (Å²) in [6.45, 7) is 7.58. The highest BCUT2D eigenvalue weighted by atomic mass is 16.3. The first-order valence-corrected chi connectivity index (χ1v) is 6.79. The van der Waals surface area contributed by atoms with Crippen LogP contribution in [-0.4, -0.2) is 27.7 Å². The van der Waals surface area contributed by atoms with E-state index in [1.165, 1.54) is 12.8 Å². The Morgan fingerprint density at radius 2 is 1.78 bits per heavy atom. The van der Waals surface area contributed by atoms with Crippen LogP contribution in [0.25, 0.3) is 0 Å². The van der Waals surface area contributed by atoms with E-state index in [0.717, 1.165) is 6.54 Å². The summed E-state index contributed by atoms with van der Waals surface area (Å²) in [5, 5.41) is 19.9. The Hall–Kier alpha value is -1.22. The Morgan fingerprint density at radius 3 is 2.33 bits per heavy atom. The average molecular weight is 249 g/mol. The molecule has 3 heteroatoms. The third kappa shape index (κ3) is 2.32. The molecule has 1 heterocycles. The normalized spacial score (nSPS) is 22.6. The summed E-state index contributed by atoms with van der Waals surface area (Å²) in [6.07, 6.45) is 2.40. The van der Waals surface area contributed by atoms with Gasteiger partial charge in [-0.25, -0.2) is 0 Å². The number of likely N-dealkylation sites (tertiary alicyclic amines) is 1. The highest BCUT2D eigenvalue weighted by Gasteiger charge is 2.33. The minimum Gasteiger partial charge on any atom is -0.507 e. The summed E-state index contributed by atoms with van der Waals surface area (Å²) in [7, 11) is 0. The van der Waals surface area contributed by atoms with Crippen LogP contribution in [0.5, 0.6) is 11.5 Å². The van der Waals surface area contributed by atoms with Crippen molar-refractivity contribution in [1.29, 1.82) is 0 Å². The van der Waals surface area contributed by atoms with Crippen molar-refractivity contribution < 1.29 is 10.2 Å². The molecule has 1 aliphatic heterocycles. The molecule has 1 aromatic rings. The van der Waals surface area contributed by atoms with E-state index in [9.17, 15) is 10.2 Å². The minimum atomic E-state index is 0.0566. The van der Waals surface area contributed by atoms with Gasteiger partial charge in [0.2, 0.25) is 0 Å². The predicted molar refractivity (Wildman–Crippen MR) is 72.8 cm³/mol. The van der Waals surface area contributed by atoms with Crippen LogP contribution in [0.4, 0.5) is 0 Å². The van der Waals surface area contributed by atoms with Gasteiger partial charge in [-0.3, -0.25) is 4.90 Å². The van der Waals surface area contributed by atoms with Gasteiger partial charge in [0.1, 0.15) is 11.5 Å². The van der Waals surface area contributed by atoms with Gasteiger partial charge in [-0.1, -0.05) is 19.9 Å². The monoisotopic (exact) mass is 249 g/mol. The second-order valence-corrected chi connectivity index (χ2v) is 5.58. The Morgan fingerprint density at radius 1 is 1.17 bits per heavy atom. The summed E-state index contributed by atoms with van der Waals surface area (Å²) < 4.78 is 0. The topological polar surface area (TPSA) is 43.7 Å². The fraction of sp³-hybridized carbons (Fsp3) is 0.600. The standard InChI is InChI=1S/C15H23NO2/c1-10(2)12-6-5-9-16(12)11(3)15-13(17)7-4-8-14(15)18/h4,7-8,10-12,17-18H,5-6,9H2,1-3H3. The van der Waals surface area contributed by atoms with Crippen molar-refractivity contribution in [3.05, 3.63) is 23.8 Å². The van der Waals surface area contributed by atoms with Crippen LogP contribution in [0.2, 0.25) is 0 Å². The van der Waals surface area contributed by atoms with E-state index in [2.05, 4.69) is 25.7 Å². The average Bonchev–Trinajstić information content (AvgIpc) is 2.77. The molecule has 2 N–H and O–H groups in total. The zero-order chi connectivity index (χ0) is 13.3. The smallest absolute Gasteiger partial charge is 0.124 e. The van der Waals surface area contributed by atoms with Crippen molar-refractivity contribution >= 4 is 0 Å². The maximum absolute atomic E-state index is 9.96. The summed E-state index contributed by atoms with van der Waals surface area (Å²) in [5.74, 6) is 0.983. The SMILES string of the molecule is CC(C)C1CCCN1C(C)c1c(O)cccc1O. The molecule has 0 bridgehead atoms. The summed E-state index contributed by atoms with van der Waals surface area (Å²) in [4.78, 5) is 2.40.